The molecule has 3 aromatic carbocycles. The molecule has 9 nitrogen and oxygen atoms in total. The smallest absolute Gasteiger partial charge is 0.254 e. The van der Waals surface area contributed by atoms with E-state index in [2.05, 4.69) is 39.9 Å². The molecule has 1 fully saturated rings. The van der Waals surface area contributed by atoms with Crippen LogP contribution in [0.4, 0.5) is 5.82 Å². The molecule has 6 rings (SSSR count). The molecule has 5 aromatic rings. The van der Waals surface area contributed by atoms with E-state index in [0.29, 0.717) is 49.0 Å². The third kappa shape index (κ3) is 4.80. The molecule has 41 heavy (non-hydrogen) atoms. The number of hydrogen-bond acceptors (Lipinski definition) is 7. The molecule has 1 aliphatic rings. The molecule has 3 heterocycles. The first-order valence-corrected chi connectivity index (χ1v) is 13.4. The van der Waals surface area contributed by atoms with Gasteiger partial charge in [0, 0.05) is 49.2 Å². The second-order valence-corrected chi connectivity index (χ2v) is 9.70. The van der Waals surface area contributed by atoms with E-state index in [-0.39, 0.29) is 5.91 Å². The third-order valence-electron chi connectivity index (χ3n) is 7.46. The molecule has 1 saturated heterocycles. The number of methoxy groups -OCH3 is 3. The van der Waals surface area contributed by atoms with Gasteiger partial charge in [0.2, 0.25) is 5.75 Å². The second kappa shape index (κ2) is 11.2. The van der Waals surface area contributed by atoms with Gasteiger partial charge in [0.05, 0.1) is 26.7 Å². The highest BCUT2D eigenvalue weighted by molar-refractivity contribution is 6.02. The molecule has 0 atom stereocenters. The summed E-state index contributed by atoms with van der Waals surface area (Å²) in [6, 6.07) is 23.9. The minimum atomic E-state index is -0.0862. The Bertz CT molecular complexity index is 1650. The Balaban J connectivity index is 1.32. The van der Waals surface area contributed by atoms with E-state index in [1.807, 2.05) is 41.3 Å². The minimum absolute atomic E-state index is 0.0862. The molecule has 2 aromatic heterocycles. The highest BCUT2D eigenvalue weighted by atomic mass is 16.5. The molecular formula is C32H31N5O4. The molecule has 1 aliphatic heterocycles. The number of ether oxygens (including phenoxy) is 3. The van der Waals surface area contributed by atoms with Gasteiger partial charge >= 0.3 is 0 Å². The molecule has 0 N–H and O–H groups in total. The number of rotatable bonds is 7. The van der Waals surface area contributed by atoms with Crippen molar-refractivity contribution in [3.63, 3.8) is 0 Å². The van der Waals surface area contributed by atoms with Crippen molar-refractivity contribution in [1.29, 1.82) is 0 Å². The number of fused-ring (bicyclic) bond motifs is 1. The van der Waals surface area contributed by atoms with Gasteiger partial charge in [-0.05, 0) is 29.8 Å². The lowest BCUT2D eigenvalue weighted by molar-refractivity contribution is 0.0745. The van der Waals surface area contributed by atoms with E-state index < -0.39 is 0 Å². The topological polar surface area (TPSA) is 82.0 Å². The standard InChI is InChI=1S/C32H31N5O4/c1-39-26-18-23(19-27(40-2)29(26)41-3)32(38)36-16-14-35(15-17-36)30-28-25(22-10-6-4-7-11-22)20-37(31(28)34-21-33-30)24-12-8-5-9-13-24/h4-13,18-21H,14-17H2,1-3H3. The van der Waals surface area contributed by atoms with Crippen LogP contribution < -0.4 is 19.1 Å². The number of hydrogen-bond donors (Lipinski definition) is 0. The lowest BCUT2D eigenvalue weighted by atomic mass is 10.1. The molecule has 0 saturated carbocycles. The fraction of sp³-hybridized carbons (Fsp3) is 0.219. The average molecular weight is 550 g/mol. The minimum Gasteiger partial charge on any atom is -0.493 e. The number of benzene rings is 3. The number of para-hydroxylation sites is 1. The summed E-state index contributed by atoms with van der Waals surface area (Å²) in [5, 5.41) is 0.993. The Morgan fingerprint density at radius 3 is 2.02 bits per heavy atom. The third-order valence-corrected chi connectivity index (χ3v) is 7.46. The number of amides is 1. The number of anilines is 1. The van der Waals surface area contributed by atoms with E-state index in [1.165, 1.54) is 0 Å². The van der Waals surface area contributed by atoms with Gasteiger partial charge in [0.15, 0.2) is 17.1 Å². The zero-order valence-corrected chi connectivity index (χ0v) is 23.3. The number of nitrogens with zero attached hydrogens (tertiary/aromatic N) is 5. The summed E-state index contributed by atoms with van der Waals surface area (Å²) in [6.45, 7) is 2.35. The Kier molecular flexibility index (Phi) is 7.16. The number of carbonyl (C=O) groups is 1. The first-order chi connectivity index (χ1) is 20.1. The summed E-state index contributed by atoms with van der Waals surface area (Å²) in [5.74, 6) is 2.14. The van der Waals surface area contributed by atoms with Gasteiger partial charge < -0.3 is 28.6 Å². The molecule has 208 valence electrons. The van der Waals surface area contributed by atoms with Gasteiger partial charge in [0.1, 0.15) is 12.1 Å². The Morgan fingerprint density at radius 2 is 1.41 bits per heavy atom. The molecule has 9 heteroatoms. The maximum atomic E-state index is 13.5. The van der Waals surface area contributed by atoms with Gasteiger partial charge in [-0.1, -0.05) is 48.5 Å². The van der Waals surface area contributed by atoms with Crippen LogP contribution >= 0.6 is 0 Å². The van der Waals surface area contributed by atoms with Crippen molar-refractivity contribution in [3.8, 4) is 34.1 Å². The van der Waals surface area contributed by atoms with E-state index >= 15 is 0 Å². The lowest BCUT2D eigenvalue weighted by Crippen LogP contribution is -2.49. The van der Waals surface area contributed by atoms with Crippen LogP contribution in [0.1, 0.15) is 10.4 Å². The highest BCUT2D eigenvalue weighted by Crippen LogP contribution is 2.39. The van der Waals surface area contributed by atoms with Crippen molar-refractivity contribution in [1.82, 2.24) is 19.4 Å². The summed E-state index contributed by atoms with van der Waals surface area (Å²) >= 11 is 0. The summed E-state index contributed by atoms with van der Waals surface area (Å²) in [7, 11) is 4.63. The van der Waals surface area contributed by atoms with Crippen molar-refractivity contribution in [3.05, 3.63) is 90.9 Å². The van der Waals surface area contributed by atoms with Crippen LogP contribution in [0.2, 0.25) is 0 Å². The average Bonchev–Trinajstić information content (AvgIpc) is 3.44. The largest absolute Gasteiger partial charge is 0.493 e. The predicted molar refractivity (Wildman–Crippen MR) is 159 cm³/mol. The normalized spacial score (nSPS) is 13.3. The van der Waals surface area contributed by atoms with Crippen molar-refractivity contribution >= 4 is 22.8 Å². The van der Waals surface area contributed by atoms with E-state index in [9.17, 15) is 4.79 Å². The van der Waals surface area contributed by atoms with E-state index in [1.54, 1.807) is 39.8 Å². The first-order valence-electron chi connectivity index (χ1n) is 13.4. The van der Waals surface area contributed by atoms with Gasteiger partial charge in [-0.2, -0.15) is 0 Å². The van der Waals surface area contributed by atoms with Crippen LogP contribution in [-0.2, 0) is 0 Å². The molecular weight excluding hydrogens is 518 g/mol. The first kappa shape index (κ1) is 26.2. The van der Waals surface area contributed by atoms with E-state index in [4.69, 9.17) is 24.2 Å². The maximum Gasteiger partial charge on any atom is 0.254 e. The van der Waals surface area contributed by atoms with Crippen LogP contribution in [-0.4, -0.2) is 72.9 Å². The van der Waals surface area contributed by atoms with Crippen molar-refractivity contribution < 1.29 is 19.0 Å². The van der Waals surface area contributed by atoms with Gasteiger partial charge in [0.25, 0.3) is 5.91 Å². The van der Waals surface area contributed by atoms with Crippen molar-refractivity contribution in [2.24, 2.45) is 0 Å². The number of aromatic nitrogens is 3. The fourth-order valence-corrected chi connectivity index (χ4v) is 5.42. The lowest BCUT2D eigenvalue weighted by Gasteiger charge is -2.36. The van der Waals surface area contributed by atoms with Crippen LogP contribution in [0.15, 0.2) is 85.3 Å². The number of carbonyl (C=O) groups excluding carboxylic acids is 1. The van der Waals surface area contributed by atoms with Gasteiger partial charge in [-0.15, -0.1) is 0 Å². The summed E-state index contributed by atoms with van der Waals surface area (Å²) in [5.41, 5.74) is 4.53. The SMILES string of the molecule is COc1cc(C(=O)N2CCN(c3ncnc4c3c(-c3ccccc3)cn4-c3ccccc3)CC2)cc(OC)c1OC. The maximum absolute atomic E-state index is 13.5. The van der Waals surface area contributed by atoms with Gasteiger partial charge in [-0.3, -0.25) is 4.79 Å². The van der Waals surface area contributed by atoms with Crippen molar-refractivity contribution in [2.75, 3.05) is 52.4 Å². The Labute approximate surface area is 238 Å². The summed E-state index contributed by atoms with van der Waals surface area (Å²) in [6.07, 6.45) is 3.76. The summed E-state index contributed by atoms with van der Waals surface area (Å²) < 4.78 is 18.4. The van der Waals surface area contributed by atoms with Crippen molar-refractivity contribution in [2.45, 2.75) is 0 Å². The second-order valence-electron chi connectivity index (χ2n) is 9.70. The molecule has 1 amide bonds. The van der Waals surface area contributed by atoms with Crippen LogP contribution in [0.25, 0.3) is 27.8 Å². The van der Waals surface area contributed by atoms with Crippen LogP contribution in [0.5, 0.6) is 17.2 Å². The molecule has 0 bridgehead atoms. The predicted octanol–water partition coefficient (Wildman–Crippen LogP) is 5.08. The van der Waals surface area contributed by atoms with Crippen LogP contribution in [0.3, 0.4) is 0 Å². The highest BCUT2D eigenvalue weighted by Gasteiger charge is 2.28. The Hall–Kier alpha value is -5.05. The number of piperazine rings is 1. The van der Waals surface area contributed by atoms with Gasteiger partial charge in [-0.25, -0.2) is 9.97 Å². The summed E-state index contributed by atoms with van der Waals surface area (Å²) in [4.78, 5) is 27.1. The molecule has 0 radical (unpaired) electrons. The molecule has 0 spiro atoms. The zero-order chi connectivity index (χ0) is 28.3. The molecule has 0 unspecified atom stereocenters. The molecule has 0 aliphatic carbocycles. The fourth-order valence-electron chi connectivity index (χ4n) is 5.42. The monoisotopic (exact) mass is 549 g/mol. The zero-order valence-electron chi connectivity index (χ0n) is 23.3. The van der Waals surface area contributed by atoms with Crippen LogP contribution in [0, 0.1) is 0 Å². The van der Waals surface area contributed by atoms with E-state index in [0.717, 1.165) is 33.7 Å². The Morgan fingerprint density at radius 1 is 0.780 bits per heavy atom. The quantitative estimate of drug-likeness (QED) is 0.280.